The lowest BCUT2D eigenvalue weighted by Crippen LogP contribution is -2.58. The topological polar surface area (TPSA) is 81.1 Å². The molecular formula is C17H22F12N2O4. The van der Waals surface area contributed by atoms with Gasteiger partial charge in [-0.1, -0.05) is 20.8 Å². The number of carboxylic acid groups (broad SMARTS) is 2. The van der Waals surface area contributed by atoms with Crippen molar-refractivity contribution in [3.63, 3.8) is 0 Å². The molecule has 6 nitrogen and oxygen atoms in total. The van der Waals surface area contributed by atoms with Gasteiger partial charge in [-0.2, -0.15) is 52.7 Å². The Kier molecular flexibility index (Phi) is 10.1. The summed E-state index contributed by atoms with van der Waals surface area (Å²) in [6.45, 7) is 0.534. The van der Waals surface area contributed by atoms with E-state index in [1.807, 2.05) is 0 Å². The lowest BCUT2D eigenvalue weighted by Gasteiger charge is -2.38. The van der Waals surface area contributed by atoms with Gasteiger partial charge in [-0.15, -0.1) is 0 Å². The number of hydrogen-bond donors (Lipinski definition) is 2. The molecule has 18 heteroatoms. The largest absolute Gasteiger partial charge is 0.465 e. The van der Waals surface area contributed by atoms with E-state index in [0.717, 1.165) is 20.8 Å². The van der Waals surface area contributed by atoms with Crippen LogP contribution in [0.15, 0.2) is 0 Å². The standard InChI is InChI=1S/C17H22F12N2O4/c1-8(4-5-30(11(32)33)9(14(18,19)20)15(21,22)23)6-13(2,3)7-31(12(34)35)10(16(24,25)26)17(27,28)29/h8-10H,4-7H2,1-3H3,(H,32,33)(H,34,35). The van der Waals surface area contributed by atoms with E-state index < -0.39 is 96.0 Å². The third-order valence-corrected chi connectivity index (χ3v) is 4.72. The van der Waals surface area contributed by atoms with Crippen molar-refractivity contribution in [3.05, 3.63) is 0 Å². The third-order valence-electron chi connectivity index (χ3n) is 4.72. The number of amides is 2. The van der Waals surface area contributed by atoms with Crippen LogP contribution in [0.5, 0.6) is 0 Å². The molecule has 0 spiro atoms. The highest BCUT2D eigenvalue weighted by Gasteiger charge is 2.62. The second-order valence-corrected chi connectivity index (χ2v) is 8.62. The molecule has 35 heavy (non-hydrogen) atoms. The van der Waals surface area contributed by atoms with E-state index in [0.29, 0.717) is 0 Å². The Morgan fingerprint density at radius 3 is 1.29 bits per heavy atom. The molecule has 1 unspecified atom stereocenters. The van der Waals surface area contributed by atoms with Crippen molar-refractivity contribution in [2.45, 2.75) is 70.4 Å². The molecule has 0 saturated carbocycles. The minimum absolute atomic E-state index is 0.477. The number of rotatable bonds is 9. The summed E-state index contributed by atoms with van der Waals surface area (Å²) in [6.07, 6.45) is -30.4. The SMILES string of the molecule is CC(CCN(C(=O)O)C(C(F)(F)F)C(F)(F)F)CC(C)(C)CN(C(=O)O)C(C(F)(F)F)C(F)(F)F. The van der Waals surface area contributed by atoms with E-state index in [4.69, 9.17) is 10.2 Å². The summed E-state index contributed by atoms with van der Waals surface area (Å²) >= 11 is 0. The zero-order valence-electron chi connectivity index (χ0n) is 18.2. The van der Waals surface area contributed by atoms with E-state index in [2.05, 4.69) is 0 Å². The second-order valence-electron chi connectivity index (χ2n) is 8.62. The van der Waals surface area contributed by atoms with Crippen LogP contribution < -0.4 is 0 Å². The van der Waals surface area contributed by atoms with Crippen molar-refractivity contribution in [1.82, 2.24) is 9.80 Å². The van der Waals surface area contributed by atoms with Gasteiger partial charge >= 0.3 is 36.9 Å². The quantitative estimate of drug-likeness (QED) is 0.329. The predicted molar refractivity (Wildman–Crippen MR) is 93.4 cm³/mol. The molecule has 0 rings (SSSR count). The van der Waals surface area contributed by atoms with E-state index >= 15 is 0 Å². The number of alkyl halides is 12. The number of nitrogens with zero attached hydrogens (tertiary/aromatic N) is 2. The van der Waals surface area contributed by atoms with Gasteiger partial charge in [-0.3, -0.25) is 9.80 Å². The summed E-state index contributed by atoms with van der Waals surface area (Å²) in [7, 11) is 0. The molecule has 0 aromatic rings. The molecule has 1 atom stereocenters. The zero-order valence-corrected chi connectivity index (χ0v) is 18.2. The summed E-state index contributed by atoms with van der Waals surface area (Å²) in [6, 6.07) is -8.75. The Hall–Kier alpha value is -2.30. The molecule has 0 heterocycles. The summed E-state index contributed by atoms with van der Waals surface area (Å²) in [4.78, 5) is 20.4. The van der Waals surface area contributed by atoms with Gasteiger partial charge in [-0.05, 0) is 24.2 Å². The smallest absolute Gasteiger partial charge is 0.417 e. The number of carbonyl (C=O) groups is 2. The van der Waals surface area contributed by atoms with E-state index in [9.17, 15) is 62.3 Å². The summed E-state index contributed by atoms with van der Waals surface area (Å²) < 4.78 is 155. The molecule has 0 aliphatic rings. The van der Waals surface area contributed by atoms with Crippen LogP contribution in [-0.2, 0) is 0 Å². The lowest BCUT2D eigenvalue weighted by molar-refractivity contribution is -0.284. The Bertz CT molecular complexity index is 703. The maximum Gasteiger partial charge on any atom is 0.417 e. The molecule has 0 radical (unpaired) electrons. The average Bonchev–Trinajstić information content (AvgIpc) is 2.51. The average molecular weight is 546 g/mol. The molecule has 0 saturated heterocycles. The highest BCUT2D eigenvalue weighted by molar-refractivity contribution is 5.66. The van der Waals surface area contributed by atoms with Crippen LogP contribution in [0.2, 0.25) is 0 Å². The van der Waals surface area contributed by atoms with E-state index in [-0.39, 0.29) is 0 Å². The van der Waals surface area contributed by atoms with Gasteiger partial charge in [0.05, 0.1) is 0 Å². The fourth-order valence-electron chi connectivity index (χ4n) is 3.61. The molecule has 0 fully saturated rings. The molecule has 0 aliphatic carbocycles. The molecular weight excluding hydrogens is 524 g/mol. The maximum absolute atomic E-state index is 12.9. The lowest BCUT2D eigenvalue weighted by atomic mass is 9.81. The summed E-state index contributed by atoms with van der Waals surface area (Å²) in [5, 5.41) is 17.8. The van der Waals surface area contributed by atoms with Crippen molar-refractivity contribution in [3.8, 4) is 0 Å². The molecule has 0 bridgehead atoms. The van der Waals surface area contributed by atoms with Gasteiger partial charge in [0.1, 0.15) is 0 Å². The van der Waals surface area contributed by atoms with Crippen LogP contribution >= 0.6 is 0 Å². The number of hydrogen-bond acceptors (Lipinski definition) is 2. The minimum atomic E-state index is -6.04. The fraction of sp³-hybridized carbons (Fsp3) is 0.882. The summed E-state index contributed by atoms with van der Waals surface area (Å²) in [5.74, 6) is -1.04. The van der Waals surface area contributed by atoms with Gasteiger partial charge in [0.25, 0.3) is 0 Å². The molecule has 0 aromatic heterocycles. The number of halogens is 12. The van der Waals surface area contributed by atoms with Crippen molar-refractivity contribution >= 4 is 12.2 Å². The zero-order chi connectivity index (χ0) is 28.4. The van der Waals surface area contributed by atoms with Crippen molar-refractivity contribution in [1.29, 1.82) is 0 Å². The highest BCUT2D eigenvalue weighted by Crippen LogP contribution is 2.40. The first-order chi connectivity index (χ1) is 15.2. The van der Waals surface area contributed by atoms with Crippen molar-refractivity contribution in [2.24, 2.45) is 11.3 Å². The molecule has 0 aliphatic heterocycles. The van der Waals surface area contributed by atoms with Crippen molar-refractivity contribution < 1.29 is 72.5 Å². The minimum Gasteiger partial charge on any atom is -0.465 e. The Morgan fingerprint density at radius 2 is 1.00 bits per heavy atom. The second kappa shape index (κ2) is 10.8. The van der Waals surface area contributed by atoms with Crippen LogP contribution in [0.4, 0.5) is 62.3 Å². The Labute approximate surface area is 190 Å². The third kappa shape index (κ3) is 10.1. The van der Waals surface area contributed by atoms with E-state index in [1.54, 1.807) is 0 Å². The van der Waals surface area contributed by atoms with Gasteiger partial charge in [-0.25, -0.2) is 9.59 Å². The monoisotopic (exact) mass is 546 g/mol. The molecule has 2 N–H and O–H groups in total. The van der Waals surface area contributed by atoms with Crippen LogP contribution in [0.25, 0.3) is 0 Å². The molecule has 0 aromatic carbocycles. The Balaban J connectivity index is 5.66. The maximum atomic E-state index is 12.9. The first-order valence-electron chi connectivity index (χ1n) is 9.47. The fourth-order valence-corrected chi connectivity index (χ4v) is 3.61. The van der Waals surface area contributed by atoms with Gasteiger partial charge < -0.3 is 10.2 Å². The van der Waals surface area contributed by atoms with Gasteiger partial charge in [0.15, 0.2) is 0 Å². The predicted octanol–water partition coefficient (Wildman–Crippen LogP) is 6.38. The van der Waals surface area contributed by atoms with Crippen LogP contribution in [-0.4, -0.2) is 82.1 Å². The van der Waals surface area contributed by atoms with Crippen LogP contribution in [0.3, 0.4) is 0 Å². The first kappa shape index (κ1) is 32.7. The first-order valence-corrected chi connectivity index (χ1v) is 9.47. The van der Waals surface area contributed by atoms with Crippen molar-refractivity contribution in [2.75, 3.05) is 13.1 Å². The van der Waals surface area contributed by atoms with Crippen LogP contribution in [0.1, 0.15) is 33.6 Å². The van der Waals surface area contributed by atoms with Gasteiger partial charge in [0.2, 0.25) is 12.1 Å². The Morgan fingerprint density at radius 1 is 0.686 bits per heavy atom. The highest BCUT2D eigenvalue weighted by atomic mass is 19.4. The molecule has 2 amide bonds. The van der Waals surface area contributed by atoms with Crippen LogP contribution in [0, 0.1) is 11.3 Å². The van der Waals surface area contributed by atoms with Gasteiger partial charge in [0, 0.05) is 13.1 Å². The molecule has 208 valence electrons. The normalized spacial score (nSPS) is 14.9. The summed E-state index contributed by atoms with van der Waals surface area (Å²) in [5.41, 5.74) is -1.69. The van der Waals surface area contributed by atoms with E-state index in [1.165, 1.54) is 0 Å².